The molecule has 1 aromatic heterocycles. The lowest BCUT2D eigenvalue weighted by Crippen LogP contribution is -2.13. The maximum Gasteiger partial charge on any atom is 0.161 e. The van der Waals surface area contributed by atoms with E-state index in [4.69, 9.17) is 0 Å². The summed E-state index contributed by atoms with van der Waals surface area (Å²) < 4.78 is 0. The molecular formula is C19H19N3O. The average molecular weight is 305 g/mol. The molecule has 0 spiro atoms. The molecule has 0 aliphatic heterocycles. The summed E-state index contributed by atoms with van der Waals surface area (Å²) in [6.45, 7) is 2.44. The highest BCUT2D eigenvalue weighted by atomic mass is 16.3. The van der Waals surface area contributed by atoms with E-state index in [1.54, 1.807) is 12.3 Å². The summed E-state index contributed by atoms with van der Waals surface area (Å²) in [5.74, 6) is 1.37. The molecule has 0 saturated carbocycles. The predicted molar refractivity (Wildman–Crippen MR) is 92.1 cm³/mol. The molecule has 4 heteroatoms. The lowest BCUT2D eigenvalue weighted by atomic mass is 10.1. The first kappa shape index (κ1) is 15.2. The summed E-state index contributed by atoms with van der Waals surface area (Å²) >= 11 is 0. The Morgan fingerprint density at radius 3 is 2.65 bits per heavy atom. The zero-order chi connectivity index (χ0) is 16.1. The van der Waals surface area contributed by atoms with E-state index in [9.17, 15) is 5.11 Å². The van der Waals surface area contributed by atoms with Gasteiger partial charge in [0.25, 0.3) is 0 Å². The summed E-state index contributed by atoms with van der Waals surface area (Å²) in [6, 6.07) is 19.5. The monoisotopic (exact) mass is 305 g/mol. The Hall–Kier alpha value is -2.72. The Morgan fingerprint density at radius 2 is 1.87 bits per heavy atom. The molecule has 0 amide bonds. The van der Waals surface area contributed by atoms with Crippen molar-refractivity contribution in [2.45, 2.75) is 13.0 Å². The van der Waals surface area contributed by atoms with Gasteiger partial charge in [-0.2, -0.15) is 0 Å². The van der Waals surface area contributed by atoms with E-state index in [1.165, 1.54) is 5.56 Å². The van der Waals surface area contributed by atoms with Crippen molar-refractivity contribution in [3.63, 3.8) is 0 Å². The van der Waals surface area contributed by atoms with E-state index >= 15 is 0 Å². The second kappa shape index (κ2) is 7.03. The van der Waals surface area contributed by atoms with Gasteiger partial charge in [0.2, 0.25) is 0 Å². The van der Waals surface area contributed by atoms with Crippen LogP contribution < -0.4 is 5.32 Å². The lowest BCUT2D eigenvalue weighted by molar-refractivity contribution is 0.191. The van der Waals surface area contributed by atoms with Gasteiger partial charge in [-0.15, -0.1) is 0 Å². The van der Waals surface area contributed by atoms with Gasteiger partial charge in [0.1, 0.15) is 5.82 Å². The van der Waals surface area contributed by atoms with Gasteiger partial charge >= 0.3 is 0 Å². The topological polar surface area (TPSA) is 58.0 Å². The number of rotatable bonds is 5. The normalized spacial score (nSPS) is 11.9. The number of aliphatic hydroxyl groups excluding tert-OH is 1. The fourth-order valence-corrected chi connectivity index (χ4v) is 2.37. The summed E-state index contributed by atoms with van der Waals surface area (Å²) in [7, 11) is 0. The van der Waals surface area contributed by atoms with Crippen LogP contribution in [0.5, 0.6) is 0 Å². The molecule has 23 heavy (non-hydrogen) atoms. The molecule has 4 nitrogen and oxygen atoms in total. The molecule has 1 unspecified atom stereocenters. The van der Waals surface area contributed by atoms with Gasteiger partial charge in [-0.3, -0.25) is 0 Å². The second-order valence-corrected chi connectivity index (χ2v) is 5.44. The lowest BCUT2D eigenvalue weighted by Gasteiger charge is -2.13. The van der Waals surface area contributed by atoms with Gasteiger partial charge in [-0.05, 0) is 24.6 Å². The van der Waals surface area contributed by atoms with Crippen LogP contribution in [0.1, 0.15) is 17.2 Å². The standard InChI is InChI=1S/C19H19N3O/c1-14-6-5-9-16(12-14)19-20-11-10-18(22-19)21-13-17(23)15-7-3-2-4-8-15/h2-12,17,23H,13H2,1H3,(H,20,21,22). The fraction of sp³-hybridized carbons (Fsp3) is 0.158. The first-order valence-corrected chi connectivity index (χ1v) is 7.59. The number of hydrogen-bond acceptors (Lipinski definition) is 4. The van der Waals surface area contributed by atoms with Gasteiger partial charge in [-0.25, -0.2) is 9.97 Å². The maximum atomic E-state index is 10.2. The van der Waals surface area contributed by atoms with E-state index in [0.29, 0.717) is 18.2 Å². The smallest absolute Gasteiger partial charge is 0.161 e. The van der Waals surface area contributed by atoms with E-state index in [-0.39, 0.29) is 0 Å². The molecule has 2 N–H and O–H groups in total. The third-order valence-electron chi connectivity index (χ3n) is 3.59. The highest BCUT2D eigenvalue weighted by Crippen LogP contribution is 2.18. The SMILES string of the molecule is Cc1cccc(-c2nccc(NCC(O)c3ccccc3)n2)c1. The zero-order valence-corrected chi connectivity index (χ0v) is 13.0. The molecule has 1 heterocycles. The van der Waals surface area contributed by atoms with Gasteiger partial charge in [0.05, 0.1) is 6.10 Å². The third kappa shape index (κ3) is 3.93. The minimum absolute atomic E-state index is 0.397. The first-order chi connectivity index (χ1) is 11.2. The molecule has 0 bridgehead atoms. The molecule has 1 atom stereocenters. The summed E-state index contributed by atoms with van der Waals surface area (Å²) in [6.07, 6.45) is 1.15. The average Bonchev–Trinajstić information content (AvgIpc) is 2.61. The Bertz CT molecular complexity index is 774. The van der Waals surface area contributed by atoms with E-state index < -0.39 is 6.10 Å². The Balaban J connectivity index is 1.71. The molecular weight excluding hydrogens is 286 g/mol. The molecule has 0 radical (unpaired) electrons. The highest BCUT2D eigenvalue weighted by Gasteiger charge is 2.08. The molecule has 0 aliphatic rings. The molecule has 116 valence electrons. The van der Waals surface area contributed by atoms with Crippen LogP contribution in [0.15, 0.2) is 66.9 Å². The number of aromatic nitrogens is 2. The number of benzene rings is 2. The fourth-order valence-electron chi connectivity index (χ4n) is 2.37. The van der Waals surface area contributed by atoms with Crippen LogP contribution in [0, 0.1) is 6.92 Å². The van der Waals surface area contributed by atoms with E-state index in [0.717, 1.165) is 11.1 Å². The number of aryl methyl sites for hydroxylation is 1. The van der Waals surface area contributed by atoms with E-state index in [2.05, 4.69) is 21.4 Å². The van der Waals surface area contributed by atoms with Crippen molar-refractivity contribution in [3.8, 4) is 11.4 Å². The van der Waals surface area contributed by atoms with Crippen LogP contribution in [-0.4, -0.2) is 21.6 Å². The van der Waals surface area contributed by atoms with Crippen molar-refractivity contribution in [2.75, 3.05) is 11.9 Å². The summed E-state index contributed by atoms with van der Waals surface area (Å²) in [5.41, 5.74) is 3.04. The minimum atomic E-state index is -0.575. The summed E-state index contributed by atoms with van der Waals surface area (Å²) in [4.78, 5) is 8.84. The largest absolute Gasteiger partial charge is 0.387 e. The molecule has 3 rings (SSSR count). The number of anilines is 1. The van der Waals surface area contributed by atoms with Crippen LogP contribution in [0.3, 0.4) is 0 Å². The van der Waals surface area contributed by atoms with Crippen molar-refractivity contribution in [3.05, 3.63) is 78.0 Å². The number of aliphatic hydroxyl groups is 1. The number of hydrogen-bond donors (Lipinski definition) is 2. The maximum absolute atomic E-state index is 10.2. The molecule has 2 aromatic carbocycles. The molecule has 0 aliphatic carbocycles. The van der Waals surface area contributed by atoms with Gasteiger partial charge in [-0.1, -0.05) is 54.1 Å². The van der Waals surface area contributed by atoms with Crippen molar-refractivity contribution < 1.29 is 5.11 Å². The van der Waals surface area contributed by atoms with E-state index in [1.807, 2.05) is 55.5 Å². The van der Waals surface area contributed by atoms with Crippen LogP contribution in [0.2, 0.25) is 0 Å². The molecule has 0 fully saturated rings. The van der Waals surface area contributed by atoms with Crippen molar-refractivity contribution in [2.24, 2.45) is 0 Å². The van der Waals surface area contributed by atoms with Crippen LogP contribution in [0.4, 0.5) is 5.82 Å². The molecule has 3 aromatic rings. The molecule has 0 saturated heterocycles. The van der Waals surface area contributed by atoms with Gasteiger partial charge in [0.15, 0.2) is 5.82 Å². The predicted octanol–water partition coefficient (Wildman–Crippen LogP) is 3.60. The van der Waals surface area contributed by atoms with Crippen molar-refractivity contribution >= 4 is 5.82 Å². The van der Waals surface area contributed by atoms with Crippen molar-refractivity contribution in [1.29, 1.82) is 0 Å². The summed E-state index contributed by atoms with van der Waals surface area (Å²) in [5, 5.41) is 13.4. The second-order valence-electron chi connectivity index (χ2n) is 5.44. The van der Waals surface area contributed by atoms with Crippen molar-refractivity contribution in [1.82, 2.24) is 9.97 Å². The first-order valence-electron chi connectivity index (χ1n) is 7.59. The zero-order valence-electron chi connectivity index (χ0n) is 13.0. The van der Waals surface area contributed by atoms with Gasteiger partial charge < -0.3 is 10.4 Å². The van der Waals surface area contributed by atoms with Crippen LogP contribution in [-0.2, 0) is 0 Å². The highest BCUT2D eigenvalue weighted by molar-refractivity contribution is 5.57. The number of nitrogens with one attached hydrogen (secondary N) is 1. The van der Waals surface area contributed by atoms with Crippen LogP contribution in [0.25, 0.3) is 11.4 Å². The Labute approximate surface area is 135 Å². The quantitative estimate of drug-likeness (QED) is 0.756. The Morgan fingerprint density at radius 1 is 1.04 bits per heavy atom. The third-order valence-corrected chi connectivity index (χ3v) is 3.59. The van der Waals surface area contributed by atoms with Gasteiger partial charge in [0, 0.05) is 18.3 Å². The Kier molecular flexibility index (Phi) is 4.64. The van der Waals surface area contributed by atoms with Crippen LogP contribution >= 0.6 is 0 Å². The minimum Gasteiger partial charge on any atom is -0.387 e. The number of nitrogens with zero attached hydrogens (tertiary/aromatic N) is 2.